The van der Waals surface area contributed by atoms with E-state index in [2.05, 4.69) is 35.9 Å². The zero-order valence-electron chi connectivity index (χ0n) is 39.9. The molecule has 0 radical (unpaired) electrons. The van der Waals surface area contributed by atoms with Crippen LogP contribution in [0, 0.1) is 0 Å². The summed E-state index contributed by atoms with van der Waals surface area (Å²) >= 11 is 0. The Balaban J connectivity index is 0.900. The number of nitrogens with two attached hydrogens (primary N) is 1. The molecular weight excluding hydrogens is 1010 g/mol. The first-order chi connectivity index (χ1) is 35.8. The number of amides is 6. The molecule has 75 heavy (non-hydrogen) atoms. The Morgan fingerprint density at radius 1 is 0.720 bits per heavy atom. The number of carbonyl (C=O) groups excluding carboxylic acids is 6. The number of nitrogens with one attached hydrogen (secondary N) is 4. The quantitative estimate of drug-likeness (QED) is 0.0264. The molecule has 8 N–H and O–H groups in total. The average molecular weight is 1060 g/mol. The maximum Gasteiger partial charge on any atom is 0.471 e. The second-order valence-corrected chi connectivity index (χ2v) is 16.1. The Labute approximate surface area is 423 Å². The van der Waals surface area contributed by atoms with Crippen molar-refractivity contribution >= 4 is 70.2 Å². The first kappa shape index (κ1) is 57.9. The molecular formula is C46H53F3N10O16. The molecule has 3 heterocycles. The number of unbranched alkanes of at least 4 members (excludes halogenated alkanes) is 1. The van der Waals surface area contributed by atoms with Gasteiger partial charge in [-0.2, -0.15) is 18.2 Å². The van der Waals surface area contributed by atoms with E-state index in [0.29, 0.717) is 13.0 Å². The molecule has 26 nitrogen and oxygen atoms in total. The number of aliphatic carboxylic acids is 2. The van der Waals surface area contributed by atoms with E-state index >= 15 is 0 Å². The van der Waals surface area contributed by atoms with E-state index in [-0.39, 0.29) is 135 Å². The van der Waals surface area contributed by atoms with Gasteiger partial charge in [-0.25, -0.2) is 19.6 Å². The maximum absolute atomic E-state index is 13.7. The van der Waals surface area contributed by atoms with Gasteiger partial charge in [0.2, 0.25) is 17.8 Å². The normalized spacial score (nSPS) is 13.0. The van der Waals surface area contributed by atoms with Crippen LogP contribution in [0.5, 0.6) is 0 Å². The van der Waals surface area contributed by atoms with Gasteiger partial charge >= 0.3 is 24.0 Å². The van der Waals surface area contributed by atoms with Crippen molar-refractivity contribution in [1.29, 1.82) is 0 Å². The summed E-state index contributed by atoms with van der Waals surface area (Å²) in [5, 5.41) is 27.3. The number of carboxylic acids is 2. The number of rotatable bonds is 32. The molecule has 1 aliphatic heterocycles. The molecule has 2 aromatic carbocycles. The highest BCUT2D eigenvalue weighted by molar-refractivity contribution is 6.20. The topological polar surface area (TPSA) is 363 Å². The number of aromatic amines is 1. The molecule has 29 heteroatoms. The van der Waals surface area contributed by atoms with Crippen LogP contribution in [-0.4, -0.2) is 167 Å². The third kappa shape index (κ3) is 17.9. The summed E-state index contributed by atoms with van der Waals surface area (Å²) in [5.74, 6) is -8.70. The number of ether oxygens (including phenoxy) is 4. The summed E-state index contributed by atoms with van der Waals surface area (Å²) in [6.45, 7) is 1.22. The lowest BCUT2D eigenvalue weighted by atomic mass is 10.1. The number of nitrogen functional groups attached to an aromatic ring is 1. The second kappa shape index (κ2) is 28.5. The van der Waals surface area contributed by atoms with Crippen molar-refractivity contribution in [1.82, 2.24) is 40.9 Å². The first-order valence-electron chi connectivity index (χ1n) is 23.1. The molecule has 0 aliphatic carbocycles. The number of H-pyrrole nitrogens is 1. The molecule has 5 rings (SSSR count). The van der Waals surface area contributed by atoms with E-state index in [0.717, 1.165) is 35.5 Å². The van der Waals surface area contributed by atoms with Gasteiger partial charge in [0.05, 0.1) is 89.0 Å². The molecule has 0 saturated carbocycles. The molecule has 404 valence electrons. The van der Waals surface area contributed by atoms with Crippen molar-refractivity contribution < 1.29 is 85.5 Å². The Bertz CT molecular complexity index is 2690. The molecule has 0 saturated heterocycles. The fourth-order valence-electron chi connectivity index (χ4n) is 6.92. The van der Waals surface area contributed by atoms with Crippen LogP contribution in [-0.2, 0) is 54.3 Å². The molecule has 2 atom stereocenters. The fraction of sp³-hybridized carbons (Fsp3) is 0.435. The van der Waals surface area contributed by atoms with Crippen LogP contribution in [0.3, 0.4) is 0 Å². The summed E-state index contributed by atoms with van der Waals surface area (Å²) in [6.07, 6.45) is -4.71. The number of carboxylic acid groups (broad SMARTS) is 2. The number of benzene rings is 2. The molecule has 4 aromatic rings. The van der Waals surface area contributed by atoms with Gasteiger partial charge < -0.3 is 50.8 Å². The summed E-state index contributed by atoms with van der Waals surface area (Å²) in [4.78, 5) is 130. The Kier molecular flexibility index (Phi) is 22.0. The highest BCUT2D eigenvalue weighted by atomic mass is 19.4. The van der Waals surface area contributed by atoms with Crippen molar-refractivity contribution in [2.45, 2.75) is 63.3 Å². The number of fused-ring (bicyclic) bond motifs is 2. The van der Waals surface area contributed by atoms with E-state index < -0.39 is 84.7 Å². The third-order valence-electron chi connectivity index (χ3n) is 10.7. The molecule has 0 unspecified atom stereocenters. The number of carbonyl (C=O) groups is 8. The monoisotopic (exact) mass is 1060 g/mol. The van der Waals surface area contributed by atoms with Crippen LogP contribution in [0.15, 0.2) is 59.5 Å². The van der Waals surface area contributed by atoms with Gasteiger partial charge in [-0.1, -0.05) is 12.1 Å². The van der Waals surface area contributed by atoms with Crippen molar-refractivity contribution in [2.24, 2.45) is 0 Å². The van der Waals surface area contributed by atoms with E-state index in [1.807, 2.05) is 0 Å². The number of imide groups is 1. The smallest absolute Gasteiger partial charge is 0.471 e. The number of hydrogen-bond acceptors (Lipinski definition) is 18. The Hall–Kier alpha value is -7.99. The highest BCUT2D eigenvalue weighted by Crippen LogP contribution is 2.26. The predicted octanol–water partition coefficient (Wildman–Crippen LogP) is 0.894. The van der Waals surface area contributed by atoms with Crippen molar-refractivity contribution in [3.63, 3.8) is 0 Å². The van der Waals surface area contributed by atoms with E-state index in [1.165, 1.54) is 0 Å². The molecule has 1 aliphatic rings. The number of alkyl halides is 3. The van der Waals surface area contributed by atoms with Gasteiger partial charge in [0, 0.05) is 30.6 Å². The molecule has 0 bridgehead atoms. The number of hydrogen-bond donors (Lipinski definition) is 7. The van der Waals surface area contributed by atoms with Crippen molar-refractivity contribution in [2.75, 3.05) is 76.6 Å². The van der Waals surface area contributed by atoms with Crippen molar-refractivity contribution in [3.8, 4) is 0 Å². The van der Waals surface area contributed by atoms with Gasteiger partial charge in [0.15, 0.2) is 11.2 Å². The minimum absolute atomic E-state index is 0.00449. The SMILES string of the molecule is Nc1nc2ncc(CN(C(=O)C(F)(F)F)c3ccc(C(=O)N[C@@H](CCC(=O)N[C@@H](CCCCNC(=O)CCOCCOCCOCCOCCON4C(=O)c5ccccc5C4=O)C(=O)O)C(=O)O)cc3)nc2c(=O)[nH]1. The minimum atomic E-state index is -5.37. The number of nitrogens with zero attached hydrogens (tertiary/aromatic N) is 5. The summed E-state index contributed by atoms with van der Waals surface area (Å²) < 4.78 is 62.6. The fourth-order valence-corrected chi connectivity index (χ4v) is 6.92. The zero-order chi connectivity index (χ0) is 54.5. The standard InChI is InChI=1S/C46H53F3N10O16/c47-46(48,49)44(70)58(26-28-25-52-37-36(53-28)39(63)57-45(50)56-37)29-10-8-27(9-11-29)38(62)55-33(43(68)69)12-13-35(61)54-32(42(66)67)7-3-4-15-51-34(60)14-16-71-17-18-72-19-20-73-21-22-74-23-24-75-59-40(64)30-5-1-2-6-31(30)41(59)65/h1-2,5-6,8-11,25,32-33H,3-4,7,12-24,26H2,(H,51,60)(H,54,61)(H,55,62)(H,66,67)(H,68,69)(H3,50,52,56,57,63)/t32-,33-/m0/s1. The van der Waals surface area contributed by atoms with Gasteiger partial charge in [-0.3, -0.25) is 48.3 Å². The summed E-state index contributed by atoms with van der Waals surface area (Å²) in [6, 6.07) is 7.42. The largest absolute Gasteiger partial charge is 0.480 e. The van der Waals surface area contributed by atoms with Crippen LogP contribution >= 0.6 is 0 Å². The van der Waals surface area contributed by atoms with Crippen LogP contribution in [0.2, 0.25) is 0 Å². The van der Waals surface area contributed by atoms with Crippen LogP contribution in [0.4, 0.5) is 24.8 Å². The van der Waals surface area contributed by atoms with Gasteiger partial charge in [-0.05, 0) is 62.1 Å². The van der Waals surface area contributed by atoms with E-state index in [9.17, 15) is 66.5 Å². The molecule has 0 fully saturated rings. The Morgan fingerprint density at radius 2 is 1.29 bits per heavy atom. The summed E-state index contributed by atoms with van der Waals surface area (Å²) in [5.41, 5.74) is 3.82. The maximum atomic E-state index is 13.7. The number of anilines is 2. The number of hydroxylamine groups is 2. The third-order valence-corrected chi connectivity index (χ3v) is 10.7. The molecule has 6 amide bonds. The van der Waals surface area contributed by atoms with Crippen LogP contribution in [0.25, 0.3) is 11.2 Å². The van der Waals surface area contributed by atoms with Gasteiger partial charge in [0.1, 0.15) is 12.1 Å². The highest BCUT2D eigenvalue weighted by Gasteiger charge is 2.43. The Morgan fingerprint density at radius 3 is 1.88 bits per heavy atom. The van der Waals surface area contributed by atoms with Crippen molar-refractivity contribution in [3.05, 3.63) is 87.5 Å². The lowest BCUT2D eigenvalue weighted by molar-refractivity contribution is -0.170. The summed E-state index contributed by atoms with van der Waals surface area (Å²) in [7, 11) is 0. The van der Waals surface area contributed by atoms with Gasteiger partial charge in [0.25, 0.3) is 23.3 Å². The van der Waals surface area contributed by atoms with Crippen LogP contribution in [0.1, 0.15) is 75.3 Å². The second-order valence-electron chi connectivity index (χ2n) is 16.1. The number of halogens is 3. The molecule has 0 spiro atoms. The van der Waals surface area contributed by atoms with E-state index in [4.69, 9.17) is 29.5 Å². The molecule has 2 aromatic heterocycles. The number of aromatic nitrogens is 4. The lowest BCUT2D eigenvalue weighted by Crippen LogP contribution is -2.44. The zero-order valence-corrected chi connectivity index (χ0v) is 39.9. The van der Waals surface area contributed by atoms with E-state index in [1.54, 1.807) is 24.3 Å². The first-order valence-corrected chi connectivity index (χ1v) is 23.1. The lowest BCUT2D eigenvalue weighted by Gasteiger charge is -2.24. The average Bonchev–Trinajstić information content (AvgIpc) is 3.61. The van der Waals surface area contributed by atoms with Gasteiger partial charge in [-0.15, -0.1) is 5.06 Å². The van der Waals surface area contributed by atoms with Crippen LogP contribution < -0.4 is 32.1 Å². The minimum Gasteiger partial charge on any atom is -0.480 e. The predicted molar refractivity (Wildman–Crippen MR) is 251 cm³/mol.